The molecular weight excluding hydrogens is 227 g/mol. The van der Waals surface area contributed by atoms with E-state index < -0.39 is 0 Å². The molecule has 0 saturated heterocycles. The van der Waals surface area contributed by atoms with Gasteiger partial charge in [-0.2, -0.15) is 0 Å². The summed E-state index contributed by atoms with van der Waals surface area (Å²) in [5, 5.41) is 0. The second kappa shape index (κ2) is 5.08. The van der Waals surface area contributed by atoms with Gasteiger partial charge in [0.05, 0.1) is 0 Å². The van der Waals surface area contributed by atoms with Crippen LogP contribution in [-0.4, -0.2) is 7.05 Å². The molecule has 2 nitrogen and oxygen atoms in total. The number of rotatable bonds is 3. The summed E-state index contributed by atoms with van der Waals surface area (Å²) in [5.41, 5.74) is 9.29. The highest BCUT2D eigenvalue weighted by Gasteiger charge is 2.04. The Hall–Kier alpha value is -2.03. The topological polar surface area (TPSA) is 29.3 Å². The maximum absolute atomic E-state index is 13.2. The fourth-order valence-corrected chi connectivity index (χ4v) is 1.93. The molecule has 0 aliphatic carbocycles. The third kappa shape index (κ3) is 3.00. The van der Waals surface area contributed by atoms with Gasteiger partial charge in [0.25, 0.3) is 0 Å². The molecule has 0 aliphatic heterocycles. The lowest BCUT2D eigenvalue weighted by molar-refractivity contribution is 0.626. The summed E-state index contributed by atoms with van der Waals surface area (Å²) in [7, 11) is 1.98. The van der Waals surface area contributed by atoms with Gasteiger partial charge in [-0.3, -0.25) is 0 Å². The molecule has 18 heavy (non-hydrogen) atoms. The van der Waals surface area contributed by atoms with Gasteiger partial charge in [0.15, 0.2) is 0 Å². The molecule has 0 amide bonds. The van der Waals surface area contributed by atoms with Crippen LogP contribution in [0.15, 0.2) is 42.5 Å². The van der Waals surface area contributed by atoms with Crippen molar-refractivity contribution in [1.29, 1.82) is 0 Å². The highest BCUT2D eigenvalue weighted by molar-refractivity contribution is 5.48. The summed E-state index contributed by atoms with van der Waals surface area (Å²) in [6, 6.07) is 12.9. The normalized spacial score (nSPS) is 10.4. The van der Waals surface area contributed by atoms with E-state index >= 15 is 0 Å². The van der Waals surface area contributed by atoms with Gasteiger partial charge in [-0.25, -0.2) is 4.39 Å². The average Bonchev–Trinajstić information content (AvgIpc) is 2.28. The van der Waals surface area contributed by atoms with Gasteiger partial charge < -0.3 is 10.6 Å². The Morgan fingerprint density at radius 1 is 1.11 bits per heavy atom. The lowest BCUT2D eigenvalue weighted by Crippen LogP contribution is -2.16. The summed E-state index contributed by atoms with van der Waals surface area (Å²) in [6.07, 6.45) is 0. The molecule has 2 aromatic carbocycles. The first-order valence-corrected chi connectivity index (χ1v) is 5.87. The van der Waals surface area contributed by atoms with E-state index in [1.165, 1.54) is 17.7 Å². The lowest BCUT2D eigenvalue weighted by atomic mass is 10.1. The fourth-order valence-electron chi connectivity index (χ4n) is 1.93. The number of nitrogen functional groups attached to an aromatic ring is 1. The van der Waals surface area contributed by atoms with Gasteiger partial charge >= 0.3 is 0 Å². The molecule has 0 fully saturated rings. The number of hydrogen-bond donors (Lipinski definition) is 1. The summed E-state index contributed by atoms with van der Waals surface area (Å²) in [6.45, 7) is 2.68. The highest BCUT2D eigenvalue weighted by Crippen LogP contribution is 2.18. The Kier molecular flexibility index (Phi) is 3.51. The molecule has 94 valence electrons. The number of aryl methyl sites for hydroxylation is 1. The van der Waals surface area contributed by atoms with Crippen LogP contribution in [0.4, 0.5) is 15.8 Å². The molecule has 3 heteroatoms. The molecule has 2 N–H and O–H groups in total. The first-order valence-electron chi connectivity index (χ1n) is 5.87. The molecule has 0 bridgehead atoms. The van der Waals surface area contributed by atoms with Crippen LogP contribution in [0.25, 0.3) is 0 Å². The van der Waals surface area contributed by atoms with Crippen molar-refractivity contribution >= 4 is 11.4 Å². The molecule has 0 heterocycles. The minimum atomic E-state index is -0.290. The summed E-state index contributed by atoms with van der Waals surface area (Å²) >= 11 is 0. The fraction of sp³-hybridized carbons (Fsp3) is 0.200. The van der Waals surface area contributed by atoms with Crippen LogP contribution in [0.3, 0.4) is 0 Å². The largest absolute Gasteiger partial charge is 0.399 e. The summed E-state index contributed by atoms with van der Waals surface area (Å²) in [5.74, 6) is -0.290. The number of hydrogen-bond acceptors (Lipinski definition) is 2. The second-order valence-corrected chi connectivity index (χ2v) is 4.58. The van der Waals surface area contributed by atoms with Crippen LogP contribution in [0.5, 0.6) is 0 Å². The number of nitrogens with zero attached hydrogens (tertiary/aromatic N) is 1. The van der Waals surface area contributed by atoms with Crippen molar-refractivity contribution in [2.24, 2.45) is 0 Å². The molecule has 0 spiro atoms. The van der Waals surface area contributed by atoms with Crippen LogP contribution in [-0.2, 0) is 6.54 Å². The summed E-state index contributed by atoms with van der Waals surface area (Å²) in [4.78, 5) is 2.06. The Morgan fingerprint density at radius 2 is 1.78 bits per heavy atom. The van der Waals surface area contributed by atoms with Crippen molar-refractivity contribution in [2.45, 2.75) is 13.5 Å². The highest BCUT2D eigenvalue weighted by atomic mass is 19.1. The van der Waals surface area contributed by atoms with Gasteiger partial charge in [0, 0.05) is 25.0 Å². The molecule has 2 rings (SSSR count). The van der Waals surface area contributed by atoms with Crippen molar-refractivity contribution in [3.8, 4) is 0 Å². The molecule has 0 aromatic heterocycles. The first-order chi connectivity index (χ1) is 8.54. The third-order valence-corrected chi connectivity index (χ3v) is 2.87. The Labute approximate surface area is 107 Å². The molecule has 0 radical (unpaired) electrons. The SMILES string of the molecule is Cc1ccc(N(C)Cc2cc(N)cc(F)c2)cc1. The van der Waals surface area contributed by atoms with E-state index in [1.807, 2.05) is 7.05 Å². The molecule has 0 saturated carbocycles. The lowest BCUT2D eigenvalue weighted by Gasteiger charge is -2.19. The number of anilines is 2. The number of halogens is 1. The first kappa shape index (κ1) is 12.4. The summed E-state index contributed by atoms with van der Waals surface area (Å²) < 4.78 is 13.2. The van der Waals surface area contributed by atoms with Gasteiger partial charge in [-0.15, -0.1) is 0 Å². The predicted molar refractivity (Wildman–Crippen MR) is 74.1 cm³/mol. The van der Waals surface area contributed by atoms with Crippen molar-refractivity contribution in [3.05, 3.63) is 59.4 Å². The van der Waals surface area contributed by atoms with Crippen molar-refractivity contribution < 1.29 is 4.39 Å². The second-order valence-electron chi connectivity index (χ2n) is 4.58. The van der Waals surface area contributed by atoms with E-state index in [0.717, 1.165) is 11.3 Å². The third-order valence-electron chi connectivity index (χ3n) is 2.87. The standard InChI is InChI=1S/C15H17FN2/c1-11-3-5-15(6-4-11)18(2)10-12-7-13(16)9-14(17)8-12/h3-9H,10,17H2,1-2H3. The Morgan fingerprint density at radius 3 is 2.39 bits per heavy atom. The van der Waals surface area contributed by atoms with Crippen molar-refractivity contribution in [2.75, 3.05) is 17.7 Å². The molecule has 0 unspecified atom stereocenters. The molecule has 0 aliphatic rings. The average molecular weight is 244 g/mol. The Bertz CT molecular complexity index is 514. The molecule has 0 atom stereocenters. The zero-order chi connectivity index (χ0) is 13.1. The quantitative estimate of drug-likeness (QED) is 0.839. The monoisotopic (exact) mass is 244 g/mol. The smallest absolute Gasteiger partial charge is 0.125 e. The van der Waals surface area contributed by atoms with Crippen LogP contribution >= 0.6 is 0 Å². The van der Waals surface area contributed by atoms with Gasteiger partial charge in [0.2, 0.25) is 0 Å². The number of nitrogens with two attached hydrogens (primary N) is 1. The van der Waals surface area contributed by atoms with Crippen molar-refractivity contribution in [1.82, 2.24) is 0 Å². The minimum absolute atomic E-state index is 0.290. The zero-order valence-corrected chi connectivity index (χ0v) is 10.7. The van der Waals surface area contributed by atoms with Gasteiger partial charge in [-0.05, 0) is 42.8 Å². The minimum Gasteiger partial charge on any atom is -0.399 e. The van der Waals surface area contributed by atoms with Crippen LogP contribution in [0.1, 0.15) is 11.1 Å². The van der Waals surface area contributed by atoms with E-state index in [0.29, 0.717) is 12.2 Å². The predicted octanol–water partition coefficient (Wildman–Crippen LogP) is 3.35. The maximum Gasteiger partial charge on any atom is 0.125 e. The van der Waals surface area contributed by atoms with Gasteiger partial charge in [0.1, 0.15) is 5.82 Å². The van der Waals surface area contributed by atoms with Crippen LogP contribution in [0.2, 0.25) is 0 Å². The van der Waals surface area contributed by atoms with E-state index in [4.69, 9.17) is 5.73 Å². The van der Waals surface area contributed by atoms with E-state index in [2.05, 4.69) is 36.1 Å². The maximum atomic E-state index is 13.2. The van der Waals surface area contributed by atoms with E-state index in [-0.39, 0.29) is 5.82 Å². The van der Waals surface area contributed by atoms with Crippen LogP contribution in [0, 0.1) is 12.7 Å². The van der Waals surface area contributed by atoms with Crippen LogP contribution < -0.4 is 10.6 Å². The Balaban J connectivity index is 2.15. The molecule has 2 aromatic rings. The zero-order valence-electron chi connectivity index (χ0n) is 10.7. The van der Waals surface area contributed by atoms with Crippen molar-refractivity contribution in [3.63, 3.8) is 0 Å². The molecular formula is C15H17FN2. The number of benzene rings is 2. The van der Waals surface area contributed by atoms with E-state index in [9.17, 15) is 4.39 Å². The van der Waals surface area contributed by atoms with E-state index in [1.54, 1.807) is 6.07 Å². The van der Waals surface area contributed by atoms with Gasteiger partial charge in [-0.1, -0.05) is 17.7 Å².